The second-order valence-corrected chi connectivity index (χ2v) is 6.59. The molecule has 0 unspecified atom stereocenters. The minimum Gasteiger partial charge on any atom is -0.480 e. The monoisotopic (exact) mass is 227 g/mol. The molecule has 0 aliphatic rings. The Morgan fingerprint density at radius 2 is 2.00 bits per heavy atom. The highest BCUT2D eigenvalue weighted by molar-refractivity contribution is 8.77. The van der Waals surface area contributed by atoms with E-state index in [1.165, 1.54) is 10.8 Å². The lowest BCUT2D eigenvalue weighted by atomic mass is 10.3. The van der Waals surface area contributed by atoms with E-state index < -0.39 is 12.0 Å². The van der Waals surface area contributed by atoms with Crippen LogP contribution in [0.3, 0.4) is 0 Å². The molecule has 5 N–H and O–H groups in total. The van der Waals surface area contributed by atoms with Crippen molar-refractivity contribution in [2.75, 3.05) is 5.75 Å². The number of nitrogens with two attached hydrogens (primary N) is 1. The number of hydrogen-bond acceptors (Lipinski definition) is 4. The fraction of sp³-hybridized carbons (Fsp3) is 0.857. The van der Waals surface area contributed by atoms with Gasteiger partial charge in [-0.1, -0.05) is 42.4 Å². The molecular weight excluding hydrogens is 210 g/mol. The highest BCUT2D eigenvalue weighted by atomic mass is 33.1. The third-order valence-corrected chi connectivity index (χ3v) is 4.25. The first-order chi connectivity index (χ1) is 5.33. The Bertz CT molecular complexity index is 158. The molecule has 13 heavy (non-hydrogen) atoms. The summed E-state index contributed by atoms with van der Waals surface area (Å²) in [5, 5.41) is 8.46. The van der Waals surface area contributed by atoms with Crippen LogP contribution >= 0.6 is 21.6 Å². The van der Waals surface area contributed by atoms with Gasteiger partial charge in [-0.15, -0.1) is 0 Å². The Balaban J connectivity index is 0. The van der Waals surface area contributed by atoms with Crippen LogP contribution in [0.4, 0.5) is 0 Å². The van der Waals surface area contributed by atoms with Crippen molar-refractivity contribution in [2.24, 2.45) is 5.73 Å². The van der Waals surface area contributed by atoms with Crippen molar-refractivity contribution in [2.45, 2.75) is 31.6 Å². The van der Waals surface area contributed by atoms with Crippen LogP contribution in [-0.2, 0) is 4.79 Å². The minimum absolute atomic E-state index is 0. The largest absolute Gasteiger partial charge is 0.480 e. The molecule has 1 atom stereocenters. The number of rotatable bonds is 4. The number of carboxylic acid groups (broad SMARTS) is 1. The van der Waals surface area contributed by atoms with Crippen molar-refractivity contribution < 1.29 is 15.4 Å². The fourth-order valence-electron chi connectivity index (χ4n) is 0.355. The molecule has 0 bridgehead atoms. The van der Waals surface area contributed by atoms with Gasteiger partial charge in [-0.3, -0.25) is 4.79 Å². The van der Waals surface area contributed by atoms with E-state index in [0.29, 0.717) is 5.75 Å². The predicted molar refractivity (Wildman–Crippen MR) is 59.0 cm³/mol. The van der Waals surface area contributed by atoms with Gasteiger partial charge in [0.25, 0.3) is 0 Å². The number of carboxylic acids is 1. The van der Waals surface area contributed by atoms with E-state index in [-0.39, 0.29) is 10.2 Å². The lowest BCUT2D eigenvalue weighted by molar-refractivity contribution is -0.137. The zero-order valence-corrected chi connectivity index (χ0v) is 9.67. The molecule has 0 aromatic heterocycles. The van der Waals surface area contributed by atoms with E-state index in [1.807, 2.05) is 0 Å². The Labute approximate surface area is 86.4 Å². The highest BCUT2D eigenvalue weighted by Crippen LogP contribution is 2.34. The van der Waals surface area contributed by atoms with Crippen molar-refractivity contribution in [1.82, 2.24) is 0 Å². The molecule has 0 radical (unpaired) electrons. The maximum Gasteiger partial charge on any atom is 0.321 e. The number of hydrogen-bond donors (Lipinski definition) is 2. The molecule has 0 aromatic rings. The molecule has 80 valence electrons. The molecule has 6 heteroatoms. The van der Waals surface area contributed by atoms with Gasteiger partial charge in [-0.2, -0.15) is 0 Å². The summed E-state index contributed by atoms with van der Waals surface area (Å²) in [7, 11) is 3.16. The quantitative estimate of drug-likeness (QED) is 0.691. The average Bonchev–Trinajstić information content (AvgIpc) is 1.84. The van der Waals surface area contributed by atoms with Crippen LogP contribution in [0.25, 0.3) is 0 Å². The average molecular weight is 227 g/mol. The topological polar surface area (TPSA) is 94.8 Å². The first kappa shape index (κ1) is 15.6. The Kier molecular flexibility index (Phi) is 7.81. The van der Waals surface area contributed by atoms with E-state index in [2.05, 4.69) is 20.8 Å². The van der Waals surface area contributed by atoms with Crippen LogP contribution in [0, 0.1) is 0 Å². The molecule has 0 heterocycles. The third-order valence-electron chi connectivity index (χ3n) is 0.874. The van der Waals surface area contributed by atoms with Gasteiger partial charge < -0.3 is 16.3 Å². The summed E-state index contributed by atoms with van der Waals surface area (Å²) >= 11 is 0. The zero-order chi connectivity index (χ0) is 9.78. The molecule has 4 nitrogen and oxygen atoms in total. The second kappa shape index (κ2) is 6.53. The van der Waals surface area contributed by atoms with Crippen LogP contribution in [0.5, 0.6) is 0 Å². The van der Waals surface area contributed by atoms with Gasteiger partial charge in [-0.25, -0.2) is 0 Å². The third kappa shape index (κ3) is 10.0. The van der Waals surface area contributed by atoms with Gasteiger partial charge in [0.2, 0.25) is 0 Å². The fourth-order valence-corrected chi connectivity index (χ4v) is 2.77. The smallest absolute Gasteiger partial charge is 0.321 e. The molecule has 0 fully saturated rings. The molecule has 0 amide bonds. The van der Waals surface area contributed by atoms with E-state index in [4.69, 9.17) is 10.8 Å². The minimum atomic E-state index is -0.933. The summed E-state index contributed by atoms with van der Waals surface area (Å²) in [6.07, 6.45) is 0. The van der Waals surface area contributed by atoms with Crippen LogP contribution < -0.4 is 5.73 Å². The SMILES string of the molecule is CC(C)(C)SSC[C@H](N)C(=O)O.O. The van der Waals surface area contributed by atoms with E-state index in [9.17, 15) is 4.79 Å². The second-order valence-electron chi connectivity index (χ2n) is 3.42. The Morgan fingerprint density at radius 1 is 1.54 bits per heavy atom. The van der Waals surface area contributed by atoms with Crippen molar-refractivity contribution in [1.29, 1.82) is 0 Å². The molecule has 0 aliphatic carbocycles. The van der Waals surface area contributed by atoms with Gasteiger partial charge in [0, 0.05) is 10.5 Å². The Hall–Kier alpha value is 0.0900. The highest BCUT2D eigenvalue weighted by Gasteiger charge is 2.15. The zero-order valence-electron chi connectivity index (χ0n) is 8.03. The predicted octanol–water partition coefficient (Wildman–Crippen LogP) is 0.754. The summed E-state index contributed by atoms with van der Waals surface area (Å²) < 4.78 is 0.156. The summed E-state index contributed by atoms with van der Waals surface area (Å²) in [5.74, 6) is -0.478. The molecule has 0 spiro atoms. The maximum absolute atomic E-state index is 10.3. The Morgan fingerprint density at radius 3 is 2.31 bits per heavy atom. The normalized spacial score (nSPS) is 13.2. The molecule has 0 saturated heterocycles. The summed E-state index contributed by atoms with van der Waals surface area (Å²) in [6, 6.07) is -0.746. The first-order valence-corrected chi connectivity index (χ1v) is 5.94. The standard InChI is InChI=1S/C7H15NO2S2.H2O/c1-7(2,3)12-11-4-5(8)6(9)10;/h5H,4,8H2,1-3H3,(H,9,10);1H2/t5-;/m0./s1. The van der Waals surface area contributed by atoms with Crippen LogP contribution in [0.2, 0.25) is 0 Å². The van der Waals surface area contributed by atoms with Gasteiger partial charge in [0.05, 0.1) is 0 Å². The molecule has 0 rings (SSSR count). The molecular formula is C7H17NO3S2. The van der Waals surface area contributed by atoms with Gasteiger partial charge in [-0.05, 0) is 0 Å². The first-order valence-electron chi connectivity index (χ1n) is 3.62. The van der Waals surface area contributed by atoms with Crippen molar-refractivity contribution in [3.63, 3.8) is 0 Å². The van der Waals surface area contributed by atoms with Crippen LogP contribution in [0.15, 0.2) is 0 Å². The van der Waals surface area contributed by atoms with E-state index >= 15 is 0 Å². The molecule has 0 aliphatic heterocycles. The lowest BCUT2D eigenvalue weighted by Gasteiger charge is -2.16. The van der Waals surface area contributed by atoms with Crippen LogP contribution in [0.1, 0.15) is 20.8 Å². The maximum atomic E-state index is 10.3. The van der Waals surface area contributed by atoms with E-state index in [0.717, 1.165) is 0 Å². The summed E-state index contributed by atoms with van der Waals surface area (Å²) in [5.41, 5.74) is 5.31. The van der Waals surface area contributed by atoms with E-state index in [1.54, 1.807) is 10.8 Å². The number of aliphatic carboxylic acids is 1. The summed E-state index contributed by atoms with van der Waals surface area (Å²) in [6.45, 7) is 6.24. The van der Waals surface area contributed by atoms with Crippen molar-refractivity contribution in [3.05, 3.63) is 0 Å². The van der Waals surface area contributed by atoms with Gasteiger partial charge >= 0.3 is 5.97 Å². The molecule has 0 aromatic carbocycles. The van der Waals surface area contributed by atoms with Crippen molar-refractivity contribution >= 4 is 27.6 Å². The molecule has 0 saturated carbocycles. The number of carbonyl (C=O) groups is 1. The van der Waals surface area contributed by atoms with Crippen molar-refractivity contribution in [3.8, 4) is 0 Å². The van der Waals surface area contributed by atoms with Gasteiger partial charge in [0.15, 0.2) is 0 Å². The van der Waals surface area contributed by atoms with Gasteiger partial charge in [0.1, 0.15) is 6.04 Å². The summed E-state index contributed by atoms with van der Waals surface area (Å²) in [4.78, 5) is 10.3. The van der Waals surface area contributed by atoms with Crippen LogP contribution in [-0.4, -0.2) is 33.1 Å². The lowest BCUT2D eigenvalue weighted by Crippen LogP contribution is -2.32.